The van der Waals surface area contributed by atoms with Crippen LogP contribution in [0.4, 0.5) is 4.79 Å². The van der Waals surface area contributed by atoms with Crippen molar-refractivity contribution in [1.29, 1.82) is 0 Å². The van der Waals surface area contributed by atoms with E-state index < -0.39 is 0 Å². The number of nitrogens with one attached hydrogen (secondary N) is 2. The van der Waals surface area contributed by atoms with Crippen molar-refractivity contribution >= 4 is 12.0 Å². The molecule has 2 unspecified atom stereocenters. The van der Waals surface area contributed by atoms with Crippen molar-refractivity contribution in [2.45, 2.75) is 25.4 Å². The second-order valence-electron chi connectivity index (χ2n) is 6.78. The molecular weight excluding hydrogens is 364 g/mol. The molecule has 9 nitrogen and oxygen atoms in total. The van der Waals surface area contributed by atoms with Gasteiger partial charge in [0.2, 0.25) is 5.91 Å². The SMILES string of the molecule is CCOC(=O)N1CCN(C(=O)C2CC(COc3cccc(OC)c3)NN2)CC1. The minimum atomic E-state index is -0.315. The van der Waals surface area contributed by atoms with Crippen LogP contribution in [0.5, 0.6) is 11.5 Å². The van der Waals surface area contributed by atoms with Crippen LogP contribution in [0.2, 0.25) is 0 Å². The maximum absolute atomic E-state index is 12.7. The van der Waals surface area contributed by atoms with E-state index in [0.717, 1.165) is 11.5 Å². The average Bonchev–Trinajstić information content (AvgIpc) is 3.21. The number of carbonyl (C=O) groups excluding carboxylic acids is 2. The predicted octanol–water partition coefficient (Wildman–Crippen LogP) is 0.610. The summed E-state index contributed by atoms with van der Waals surface area (Å²) >= 11 is 0. The van der Waals surface area contributed by atoms with Gasteiger partial charge in [-0.2, -0.15) is 0 Å². The molecule has 0 aromatic heterocycles. The molecule has 2 aliphatic heterocycles. The second-order valence-corrected chi connectivity index (χ2v) is 6.78. The summed E-state index contributed by atoms with van der Waals surface area (Å²) in [7, 11) is 1.62. The van der Waals surface area contributed by atoms with Gasteiger partial charge in [-0.3, -0.25) is 10.2 Å². The lowest BCUT2D eigenvalue weighted by atomic mass is 10.1. The average molecular weight is 392 g/mol. The second kappa shape index (κ2) is 9.61. The topological polar surface area (TPSA) is 92.4 Å². The third-order valence-electron chi connectivity index (χ3n) is 4.89. The Kier molecular flexibility index (Phi) is 6.94. The van der Waals surface area contributed by atoms with Crippen LogP contribution in [0.25, 0.3) is 0 Å². The number of carbonyl (C=O) groups is 2. The zero-order valence-electron chi connectivity index (χ0n) is 16.3. The summed E-state index contributed by atoms with van der Waals surface area (Å²) < 4.78 is 16.0. The van der Waals surface area contributed by atoms with Gasteiger partial charge in [0.25, 0.3) is 0 Å². The standard InChI is InChI=1S/C19H28N4O5/c1-3-27-19(25)23-9-7-22(8-10-23)18(24)17-11-14(20-21-17)13-28-16-6-4-5-15(12-16)26-2/h4-6,12,14,17,20-21H,3,7-11,13H2,1-2H3. The molecule has 2 amide bonds. The van der Waals surface area contributed by atoms with Crippen LogP contribution in [-0.4, -0.2) is 80.4 Å². The molecule has 9 heteroatoms. The maximum atomic E-state index is 12.7. The Labute approximate surface area is 164 Å². The Balaban J connectivity index is 1.42. The Morgan fingerprint density at radius 3 is 2.54 bits per heavy atom. The minimum absolute atomic E-state index is 0.0287. The molecular formula is C19H28N4O5. The van der Waals surface area contributed by atoms with Crippen LogP contribution in [0, 0.1) is 0 Å². The molecule has 28 heavy (non-hydrogen) atoms. The molecule has 0 radical (unpaired) electrons. The fourth-order valence-electron chi connectivity index (χ4n) is 3.33. The molecule has 2 heterocycles. The normalized spacial score (nSPS) is 22.1. The number of hydrazine groups is 1. The van der Waals surface area contributed by atoms with E-state index in [-0.39, 0.29) is 24.1 Å². The van der Waals surface area contributed by atoms with Crippen LogP contribution < -0.4 is 20.3 Å². The number of amides is 2. The molecule has 0 aliphatic carbocycles. The Morgan fingerprint density at radius 2 is 1.82 bits per heavy atom. The first kappa shape index (κ1) is 20.2. The van der Waals surface area contributed by atoms with Crippen LogP contribution in [-0.2, 0) is 9.53 Å². The Hall–Kier alpha value is -2.52. The third kappa shape index (κ3) is 5.05. The molecule has 0 saturated carbocycles. The van der Waals surface area contributed by atoms with Gasteiger partial charge in [0.15, 0.2) is 0 Å². The van der Waals surface area contributed by atoms with Gasteiger partial charge in [0, 0.05) is 32.2 Å². The lowest BCUT2D eigenvalue weighted by molar-refractivity contribution is -0.134. The van der Waals surface area contributed by atoms with E-state index >= 15 is 0 Å². The summed E-state index contributed by atoms with van der Waals surface area (Å²) in [5.74, 6) is 1.51. The highest BCUT2D eigenvalue weighted by molar-refractivity contribution is 5.82. The van der Waals surface area contributed by atoms with Crippen LogP contribution in [0.1, 0.15) is 13.3 Å². The van der Waals surface area contributed by atoms with Crippen molar-refractivity contribution in [3.63, 3.8) is 0 Å². The fourth-order valence-corrected chi connectivity index (χ4v) is 3.33. The number of methoxy groups -OCH3 is 1. The van der Waals surface area contributed by atoms with Crippen molar-refractivity contribution in [2.75, 3.05) is 46.5 Å². The number of hydrogen-bond donors (Lipinski definition) is 2. The summed E-state index contributed by atoms with van der Waals surface area (Å²) in [5.41, 5.74) is 6.20. The van der Waals surface area contributed by atoms with Gasteiger partial charge in [-0.25, -0.2) is 10.2 Å². The van der Waals surface area contributed by atoms with E-state index in [0.29, 0.717) is 45.8 Å². The number of rotatable bonds is 6. The molecule has 154 valence electrons. The third-order valence-corrected chi connectivity index (χ3v) is 4.89. The first-order chi connectivity index (χ1) is 13.6. The molecule has 2 N–H and O–H groups in total. The Morgan fingerprint density at radius 1 is 1.11 bits per heavy atom. The number of ether oxygens (including phenoxy) is 3. The maximum Gasteiger partial charge on any atom is 0.409 e. The molecule has 2 atom stereocenters. The summed E-state index contributed by atoms with van der Waals surface area (Å²) in [4.78, 5) is 27.9. The van der Waals surface area contributed by atoms with E-state index in [1.54, 1.807) is 23.8 Å². The fraction of sp³-hybridized carbons (Fsp3) is 0.579. The van der Waals surface area contributed by atoms with E-state index in [2.05, 4.69) is 10.9 Å². The number of piperazine rings is 1. The van der Waals surface area contributed by atoms with Gasteiger partial charge in [0.1, 0.15) is 24.1 Å². The smallest absolute Gasteiger partial charge is 0.409 e. The van der Waals surface area contributed by atoms with Gasteiger partial charge >= 0.3 is 6.09 Å². The first-order valence-electron chi connectivity index (χ1n) is 9.59. The summed E-state index contributed by atoms with van der Waals surface area (Å²) in [6.07, 6.45) is 0.325. The zero-order chi connectivity index (χ0) is 19.9. The van der Waals surface area contributed by atoms with E-state index in [1.165, 1.54) is 0 Å². The van der Waals surface area contributed by atoms with Gasteiger partial charge in [-0.05, 0) is 25.5 Å². The molecule has 1 aromatic carbocycles. The van der Waals surface area contributed by atoms with Crippen molar-refractivity contribution < 1.29 is 23.8 Å². The predicted molar refractivity (Wildman–Crippen MR) is 102 cm³/mol. The molecule has 2 fully saturated rings. The van der Waals surface area contributed by atoms with Crippen LogP contribution in [0.15, 0.2) is 24.3 Å². The highest BCUT2D eigenvalue weighted by Gasteiger charge is 2.34. The van der Waals surface area contributed by atoms with E-state index in [9.17, 15) is 9.59 Å². The summed E-state index contributed by atoms with van der Waals surface area (Å²) in [5, 5.41) is 0. The van der Waals surface area contributed by atoms with E-state index in [4.69, 9.17) is 14.2 Å². The molecule has 3 rings (SSSR count). The van der Waals surface area contributed by atoms with E-state index in [1.807, 2.05) is 24.3 Å². The highest BCUT2D eigenvalue weighted by Crippen LogP contribution is 2.20. The van der Waals surface area contributed by atoms with Crippen molar-refractivity contribution in [3.05, 3.63) is 24.3 Å². The number of nitrogens with zero attached hydrogens (tertiary/aromatic N) is 2. The highest BCUT2D eigenvalue weighted by atomic mass is 16.6. The number of benzene rings is 1. The van der Waals surface area contributed by atoms with Crippen molar-refractivity contribution in [1.82, 2.24) is 20.7 Å². The molecule has 0 spiro atoms. The summed E-state index contributed by atoms with van der Waals surface area (Å²) in [6.45, 7) is 4.60. The largest absolute Gasteiger partial charge is 0.497 e. The zero-order valence-corrected chi connectivity index (χ0v) is 16.3. The monoisotopic (exact) mass is 392 g/mol. The van der Waals surface area contributed by atoms with Crippen LogP contribution in [0.3, 0.4) is 0 Å². The van der Waals surface area contributed by atoms with Crippen molar-refractivity contribution in [2.24, 2.45) is 0 Å². The molecule has 1 aromatic rings. The quantitative estimate of drug-likeness (QED) is 0.733. The first-order valence-corrected chi connectivity index (χ1v) is 9.59. The van der Waals surface area contributed by atoms with Gasteiger partial charge in [-0.1, -0.05) is 6.07 Å². The molecule has 2 saturated heterocycles. The lowest BCUT2D eigenvalue weighted by Crippen LogP contribution is -2.54. The van der Waals surface area contributed by atoms with Gasteiger partial charge < -0.3 is 24.0 Å². The van der Waals surface area contributed by atoms with Gasteiger partial charge in [-0.15, -0.1) is 0 Å². The summed E-state index contributed by atoms with van der Waals surface area (Å²) in [6, 6.07) is 7.16. The van der Waals surface area contributed by atoms with Crippen LogP contribution >= 0.6 is 0 Å². The minimum Gasteiger partial charge on any atom is -0.497 e. The van der Waals surface area contributed by atoms with Crippen molar-refractivity contribution in [3.8, 4) is 11.5 Å². The van der Waals surface area contributed by atoms with Gasteiger partial charge in [0.05, 0.1) is 19.8 Å². The number of hydrogen-bond acceptors (Lipinski definition) is 7. The Bertz CT molecular complexity index is 678. The molecule has 0 bridgehead atoms. The molecule has 2 aliphatic rings. The lowest BCUT2D eigenvalue weighted by Gasteiger charge is -2.35.